The third kappa shape index (κ3) is 3.09. The van der Waals surface area contributed by atoms with E-state index in [1.54, 1.807) is 0 Å². The van der Waals surface area contributed by atoms with Gasteiger partial charge in [-0.3, -0.25) is 4.79 Å². The first kappa shape index (κ1) is 15.7. The van der Waals surface area contributed by atoms with Crippen molar-refractivity contribution >= 4 is 22.6 Å². The van der Waals surface area contributed by atoms with E-state index in [2.05, 4.69) is 16.0 Å². The van der Waals surface area contributed by atoms with Crippen molar-refractivity contribution in [1.29, 1.82) is 0 Å². The Bertz CT molecular complexity index is 899. The number of hydrogen-bond donors (Lipinski definition) is 1. The van der Waals surface area contributed by atoms with Crippen molar-refractivity contribution in [2.24, 2.45) is 5.92 Å². The monoisotopic (exact) mass is 335 g/mol. The van der Waals surface area contributed by atoms with Crippen molar-refractivity contribution in [3.63, 3.8) is 0 Å². The lowest BCUT2D eigenvalue weighted by molar-refractivity contribution is -0.120. The number of aromatic nitrogens is 2. The Kier molecular flexibility index (Phi) is 4.14. The average molecular weight is 335 g/mol. The molecule has 5 nitrogen and oxygen atoms in total. The predicted octanol–water partition coefficient (Wildman–Crippen LogP) is 3.64. The van der Waals surface area contributed by atoms with Gasteiger partial charge in [0.1, 0.15) is 11.6 Å². The van der Waals surface area contributed by atoms with E-state index >= 15 is 0 Å². The topological polar surface area (TPSA) is 56.1 Å². The quantitative estimate of drug-likeness (QED) is 0.792. The number of nitrogens with one attached hydrogen (secondary N) is 1. The van der Waals surface area contributed by atoms with Gasteiger partial charge in [-0.25, -0.2) is 4.98 Å². The fourth-order valence-electron chi connectivity index (χ4n) is 3.41. The van der Waals surface area contributed by atoms with E-state index in [0.29, 0.717) is 13.0 Å². The maximum atomic E-state index is 12.6. The maximum Gasteiger partial charge on any atom is 0.228 e. The van der Waals surface area contributed by atoms with Gasteiger partial charge in [0.15, 0.2) is 0 Å². The number of anilines is 1. The van der Waals surface area contributed by atoms with Crippen LogP contribution >= 0.6 is 0 Å². The molecule has 0 spiro atoms. The Hall–Kier alpha value is -2.82. The molecule has 0 saturated carbocycles. The van der Waals surface area contributed by atoms with Gasteiger partial charge in [-0.2, -0.15) is 0 Å². The number of carbonyl (C=O) groups excluding carboxylic acids is 1. The third-order valence-corrected chi connectivity index (χ3v) is 4.67. The molecule has 2 aromatic carbocycles. The molecule has 1 amide bonds. The number of amides is 1. The summed E-state index contributed by atoms with van der Waals surface area (Å²) in [5, 5.41) is 3.01. The molecule has 4 rings (SSSR count). The molecule has 1 aliphatic heterocycles. The minimum absolute atomic E-state index is 0.0455. The van der Waals surface area contributed by atoms with Crippen LogP contribution in [0.3, 0.4) is 0 Å². The zero-order valence-corrected chi connectivity index (χ0v) is 14.2. The SMILES string of the molecule is CCOc1ccc(NC(=O)C2CCn3c(nc4ccccc43)C2)cc1. The normalized spacial score (nSPS) is 16.4. The lowest BCUT2D eigenvalue weighted by atomic mass is 9.96. The molecule has 0 aliphatic carbocycles. The second-order valence-corrected chi connectivity index (χ2v) is 6.30. The molecule has 0 radical (unpaired) electrons. The number of rotatable bonds is 4. The van der Waals surface area contributed by atoms with Gasteiger partial charge in [-0.15, -0.1) is 0 Å². The van der Waals surface area contributed by atoms with Crippen molar-refractivity contribution in [3.8, 4) is 5.75 Å². The summed E-state index contributed by atoms with van der Waals surface area (Å²) in [4.78, 5) is 17.3. The highest BCUT2D eigenvalue weighted by Gasteiger charge is 2.27. The average Bonchev–Trinajstić information content (AvgIpc) is 3.01. The lowest BCUT2D eigenvalue weighted by Crippen LogP contribution is -2.30. The molecule has 3 aromatic rings. The first-order valence-corrected chi connectivity index (χ1v) is 8.72. The fraction of sp³-hybridized carbons (Fsp3) is 0.300. The van der Waals surface area contributed by atoms with E-state index < -0.39 is 0 Å². The number of hydrogen-bond acceptors (Lipinski definition) is 3. The van der Waals surface area contributed by atoms with Gasteiger partial charge in [0.05, 0.1) is 17.6 Å². The summed E-state index contributed by atoms with van der Waals surface area (Å²) >= 11 is 0. The summed E-state index contributed by atoms with van der Waals surface area (Å²) in [5.41, 5.74) is 2.96. The van der Waals surface area contributed by atoms with Crippen molar-refractivity contribution in [2.45, 2.75) is 26.3 Å². The second kappa shape index (κ2) is 6.59. The van der Waals surface area contributed by atoms with Crippen LogP contribution in [0, 0.1) is 5.92 Å². The van der Waals surface area contributed by atoms with Gasteiger partial charge in [-0.1, -0.05) is 12.1 Å². The van der Waals surface area contributed by atoms with Gasteiger partial charge in [-0.05, 0) is 49.7 Å². The van der Waals surface area contributed by atoms with Crippen LogP contribution in [-0.2, 0) is 17.8 Å². The number of aryl methyl sites for hydroxylation is 1. The summed E-state index contributed by atoms with van der Waals surface area (Å²) in [6.07, 6.45) is 1.51. The van der Waals surface area contributed by atoms with Crippen molar-refractivity contribution < 1.29 is 9.53 Å². The van der Waals surface area contributed by atoms with Crippen LogP contribution in [0.15, 0.2) is 48.5 Å². The molecule has 0 bridgehead atoms. The third-order valence-electron chi connectivity index (χ3n) is 4.67. The van der Waals surface area contributed by atoms with Crippen LogP contribution in [0.5, 0.6) is 5.75 Å². The maximum absolute atomic E-state index is 12.6. The number of nitrogens with zero attached hydrogens (tertiary/aromatic N) is 2. The van der Waals surface area contributed by atoms with Crippen molar-refractivity contribution in [2.75, 3.05) is 11.9 Å². The smallest absolute Gasteiger partial charge is 0.228 e. The summed E-state index contributed by atoms with van der Waals surface area (Å²) in [6.45, 7) is 3.41. The molecule has 0 fully saturated rings. The minimum Gasteiger partial charge on any atom is -0.494 e. The Morgan fingerprint density at radius 2 is 2.04 bits per heavy atom. The molecule has 2 heterocycles. The van der Waals surface area contributed by atoms with E-state index in [1.807, 2.05) is 49.4 Å². The molecule has 1 aromatic heterocycles. The zero-order chi connectivity index (χ0) is 17.2. The number of fused-ring (bicyclic) bond motifs is 3. The van der Waals surface area contributed by atoms with Crippen LogP contribution in [0.2, 0.25) is 0 Å². The predicted molar refractivity (Wildman–Crippen MR) is 97.8 cm³/mol. The van der Waals surface area contributed by atoms with Crippen molar-refractivity contribution in [1.82, 2.24) is 9.55 Å². The van der Waals surface area contributed by atoms with Crippen LogP contribution in [0.25, 0.3) is 11.0 Å². The standard InChI is InChI=1S/C20H21N3O2/c1-2-25-16-9-7-15(8-10-16)21-20(24)14-11-12-23-18-6-4-3-5-17(18)22-19(23)13-14/h3-10,14H,2,11-13H2,1H3,(H,21,24). The molecule has 25 heavy (non-hydrogen) atoms. The minimum atomic E-state index is -0.0455. The largest absolute Gasteiger partial charge is 0.494 e. The molecule has 128 valence electrons. The van der Waals surface area contributed by atoms with Crippen LogP contribution in [0.1, 0.15) is 19.2 Å². The summed E-state index contributed by atoms with van der Waals surface area (Å²) in [6, 6.07) is 15.6. The van der Waals surface area contributed by atoms with Crippen LogP contribution < -0.4 is 10.1 Å². The first-order valence-electron chi connectivity index (χ1n) is 8.72. The van der Waals surface area contributed by atoms with E-state index in [0.717, 1.165) is 41.3 Å². The highest BCUT2D eigenvalue weighted by Crippen LogP contribution is 2.26. The Balaban J connectivity index is 1.46. The van der Waals surface area contributed by atoms with Gasteiger partial charge in [0, 0.05) is 24.6 Å². The summed E-state index contributed by atoms with van der Waals surface area (Å²) in [7, 11) is 0. The van der Waals surface area contributed by atoms with E-state index in [-0.39, 0.29) is 11.8 Å². The second-order valence-electron chi connectivity index (χ2n) is 6.30. The first-order chi connectivity index (χ1) is 12.2. The number of benzene rings is 2. The highest BCUT2D eigenvalue weighted by atomic mass is 16.5. The molecular formula is C20H21N3O2. The highest BCUT2D eigenvalue weighted by molar-refractivity contribution is 5.93. The van der Waals surface area contributed by atoms with E-state index in [9.17, 15) is 4.79 Å². The molecule has 5 heteroatoms. The van der Waals surface area contributed by atoms with Gasteiger partial charge < -0.3 is 14.6 Å². The van der Waals surface area contributed by atoms with Gasteiger partial charge >= 0.3 is 0 Å². The number of ether oxygens (including phenoxy) is 1. The fourth-order valence-corrected chi connectivity index (χ4v) is 3.41. The number of imidazole rings is 1. The summed E-state index contributed by atoms with van der Waals surface area (Å²) in [5.74, 6) is 1.82. The molecular weight excluding hydrogens is 314 g/mol. The van der Waals surface area contributed by atoms with Crippen LogP contribution in [0.4, 0.5) is 5.69 Å². The molecule has 1 atom stereocenters. The molecule has 1 aliphatic rings. The van der Waals surface area contributed by atoms with Gasteiger partial charge in [0.25, 0.3) is 0 Å². The molecule has 1 N–H and O–H groups in total. The lowest BCUT2D eigenvalue weighted by Gasteiger charge is -2.23. The number of carbonyl (C=O) groups is 1. The van der Waals surface area contributed by atoms with E-state index in [4.69, 9.17) is 9.72 Å². The Morgan fingerprint density at radius 1 is 1.24 bits per heavy atom. The Labute approximate surface area is 146 Å². The van der Waals surface area contributed by atoms with Crippen LogP contribution in [-0.4, -0.2) is 22.1 Å². The summed E-state index contributed by atoms with van der Waals surface area (Å²) < 4.78 is 7.66. The van der Waals surface area contributed by atoms with Gasteiger partial charge in [0.2, 0.25) is 5.91 Å². The van der Waals surface area contributed by atoms with E-state index in [1.165, 1.54) is 0 Å². The van der Waals surface area contributed by atoms with Crippen molar-refractivity contribution in [3.05, 3.63) is 54.4 Å². The zero-order valence-electron chi connectivity index (χ0n) is 14.2. The molecule has 1 unspecified atom stereocenters. The molecule has 0 saturated heterocycles. The Morgan fingerprint density at radius 3 is 2.84 bits per heavy atom. The number of para-hydroxylation sites is 2.